The molecule has 1 atom stereocenters. The van der Waals surface area contributed by atoms with E-state index in [1.165, 1.54) is 0 Å². The van der Waals surface area contributed by atoms with Crippen LogP contribution in [-0.4, -0.2) is 16.7 Å². The summed E-state index contributed by atoms with van der Waals surface area (Å²) in [5.41, 5.74) is 9.35. The van der Waals surface area contributed by atoms with E-state index in [9.17, 15) is 9.59 Å². The molecule has 5 heteroatoms. The first kappa shape index (κ1) is 19.7. The summed E-state index contributed by atoms with van der Waals surface area (Å²) < 4.78 is 0. The van der Waals surface area contributed by atoms with Gasteiger partial charge in [0.2, 0.25) is 5.91 Å². The van der Waals surface area contributed by atoms with Crippen LogP contribution in [0, 0.1) is 5.41 Å². The number of nitrogens with two attached hydrogens (primary N) is 1. The fourth-order valence-electron chi connectivity index (χ4n) is 3.49. The zero-order valence-corrected chi connectivity index (χ0v) is 16.5. The molecule has 0 aliphatic carbocycles. The highest BCUT2D eigenvalue weighted by Crippen LogP contribution is 2.39. The summed E-state index contributed by atoms with van der Waals surface area (Å²) >= 11 is 0. The summed E-state index contributed by atoms with van der Waals surface area (Å²) in [6.45, 7) is 8.85. The Morgan fingerprint density at radius 3 is 2.46 bits per heavy atom. The van der Waals surface area contributed by atoms with Crippen LogP contribution in [0.15, 0.2) is 60.8 Å². The molecule has 0 radical (unpaired) electrons. The van der Waals surface area contributed by atoms with Gasteiger partial charge in [0.25, 0.3) is 5.91 Å². The average molecular weight is 377 g/mol. The predicted molar refractivity (Wildman–Crippen MR) is 113 cm³/mol. The lowest BCUT2D eigenvalue weighted by Gasteiger charge is -2.40. The third-order valence-corrected chi connectivity index (χ3v) is 5.51. The van der Waals surface area contributed by atoms with Gasteiger partial charge >= 0.3 is 0 Å². The number of piperidine rings is 1. The number of carbonyl (C=O) groups excluding carboxylic acids is 2. The van der Waals surface area contributed by atoms with Gasteiger partial charge in [0.1, 0.15) is 0 Å². The summed E-state index contributed by atoms with van der Waals surface area (Å²) in [5, 5.41) is 2.81. The van der Waals surface area contributed by atoms with Crippen LogP contribution in [0.3, 0.4) is 0 Å². The number of nitrogens with zero attached hydrogens (tertiary/aromatic N) is 1. The molecule has 1 unspecified atom stereocenters. The molecule has 2 aromatic rings. The van der Waals surface area contributed by atoms with E-state index in [1.807, 2.05) is 24.3 Å². The number of carbonyl (C=O) groups is 2. The maximum absolute atomic E-state index is 12.6. The number of nitrogen functional groups attached to an aromatic ring is 1. The summed E-state index contributed by atoms with van der Waals surface area (Å²) in [5.74, 6) is -0.108. The molecule has 2 amide bonds. The van der Waals surface area contributed by atoms with Crippen molar-refractivity contribution in [3.8, 4) is 0 Å². The van der Waals surface area contributed by atoms with E-state index >= 15 is 0 Å². The van der Waals surface area contributed by atoms with Crippen molar-refractivity contribution in [3.05, 3.63) is 71.9 Å². The van der Waals surface area contributed by atoms with Crippen LogP contribution >= 0.6 is 0 Å². The van der Waals surface area contributed by atoms with Gasteiger partial charge in [-0.2, -0.15) is 0 Å². The molecule has 3 rings (SSSR count). The van der Waals surface area contributed by atoms with E-state index in [1.54, 1.807) is 29.2 Å². The number of benzene rings is 2. The molecule has 5 nitrogen and oxygen atoms in total. The van der Waals surface area contributed by atoms with Crippen molar-refractivity contribution < 1.29 is 9.59 Å². The minimum Gasteiger partial charge on any atom is -0.397 e. The Hall–Kier alpha value is -3.08. The Balaban J connectivity index is 1.66. The van der Waals surface area contributed by atoms with Crippen molar-refractivity contribution in [1.82, 2.24) is 4.90 Å². The molecule has 0 saturated carbocycles. The van der Waals surface area contributed by atoms with Gasteiger partial charge in [0.05, 0.1) is 17.9 Å². The molecular formula is C23H27N3O2. The molecular weight excluding hydrogens is 350 g/mol. The fourth-order valence-corrected chi connectivity index (χ4v) is 3.49. The fraction of sp³-hybridized carbons (Fsp3) is 0.304. The number of rotatable bonds is 5. The van der Waals surface area contributed by atoms with Crippen molar-refractivity contribution in [3.63, 3.8) is 0 Å². The summed E-state index contributed by atoms with van der Waals surface area (Å²) in [6.07, 6.45) is 2.33. The average Bonchev–Trinajstić information content (AvgIpc) is 2.67. The van der Waals surface area contributed by atoms with Crippen LogP contribution in [-0.2, 0) is 11.3 Å². The predicted octanol–water partition coefficient (Wildman–Crippen LogP) is 4.57. The third-order valence-electron chi connectivity index (χ3n) is 5.51. The van der Waals surface area contributed by atoms with Crippen LogP contribution in [0.25, 0.3) is 0 Å². The monoisotopic (exact) mass is 377 g/mol. The third kappa shape index (κ3) is 4.25. The smallest absolute Gasteiger partial charge is 0.255 e. The lowest BCUT2D eigenvalue weighted by atomic mass is 9.76. The molecule has 2 aromatic carbocycles. The molecule has 0 aromatic heterocycles. The standard InChI is InChI=1S/C23H27N3O2/c1-4-23(3)13-16(2)26(21(27)14-23)15-17-9-11-18(12-10-17)22(28)25-20-8-6-5-7-19(20)24/h5-12H,2,4,13-15,24H2,1,3H3,(H,25,28). The normalized spacial score (nSPS) is 19.6. The zero-order chi connectivity index (χ0) is 20.3. The molecule has 0 spiro atoms. The number of amides is 2. The van der Waals surface area contributed by atoms with Crippen molar-refractivity contribution in [1.29, 1.82) is 0 Å². The van der Waals surface area contributed by atoms with Gasteiger partial charge < -0.3 is 16.0 Å². The molecule has 1 aliphatic rings. The Bertz CT molecular complexity index is 884. The molecule has 1 saturated heterocycles. The van der Waals surface area contributed by atoms with Crippen LogP contribution < -0.4 is 11.1 Å². The minimum absolute atomic E-state index is 0.00585. The van der Waals surface area contributed by atoms with Crippen LogP contribution in [0.5, 0.6) is 0 Å². The SMILES string of the molecule is C=C1CC(C)(CC)CC(=O)N1Cc1ccc(C(=O)Nc2ccccc2N)cc1. The van der Waals surface area contributed by atoms with Crippen LogP contribution in [0.1, 0.15) is 49.0 Å². The van der Waals surface area contributed by atoms with Crippen molar-refractivity contribution in [2.45, 2.75) is 39.7 Å². The van der Waals surface area contributed by atoms with Crippen molar-refractivity contribution in [2.75, 3.05) is 11.1 Å². The van der Waals surface area contributed by atoms with Gasteiger partial charge in [-0.05, 0) is 48.1 Å². The van der Waals surface area contributed by atoms with E-state index in [4.69, 9.17) is 5.73 Å². The molecule has 146 valence electrons. The maximum atomic E-state index is 12.6. The van der Waals surface area contributed by atoms with E-state index in [-0.39, 0.29) is 17.2 Å². The molecule has 1 aliphatic heterocycles. The first-order valence-corrected chi connectivity index (χ1v) is 9.54. The number of hydrogen-bond donors (Lipinski definition) is 2. The zero-order valence-electron chi connectivity index (χ0n) is 16.5. The highest BCUT2D eigenvalue weighted by Gasteiger charge is 2.36. The van der Waals surface area contributed by atoms with Crippen LogP contribution in [0.2, 0.25) is 0 Å². The first-order chi connectivity index (χ1) is 13.3. The number of likely N-dealkylation sites (tertiary alicyclic amines) is 1. The Morgan fingerprint density at radius 1 is 1.18 bits per heavy atom. The number of anilines is 2. The van der Waals surface area contributed by atoms with E-state index in [2.05, 4.69) is 25.7 Å². The topological polar surface area (TPSA) is 75.4 Å². The number of nitrogens with one attached hydrogen (secondary N) is 1. The van der Waals surface area contributed by atoms with Gasteiger partial charge in [-0.25, -0.2) is 0 Å². The van der Waals surface area contributed by atoms with E-state index < -0.39 is 0 Å². The second-order valence-corrected chi connectivity index (χ2v) is 7.80. The Morgan fingerprint density at radius 2 is 1.86 bits per heavy atom. The number of para-hydroxylation sites is 2. The maximum Gasteiger partial charge on any atom is 0.255 e. The molecule has 1 fully saturated rings. The Kier molecular flexibility index (Phi) is 5.54. The van der Waals surface area contributed by atoms with E-state index in [0.717, 1.165) is 24.1 Å². The Labute approximate surface area is 166 Å². The summed E-state index contributed by atoms with van der Waals surface area (Å²) in [6, 6.07) is 14.4. The highest BCUT2D eigenvalue weighted by atomic mass is 16.2. The van der Waals surface area contributed by atoms with Crippen molar-refractivity contribution >= 4 is 23.2 Å². The minimum atomic E-state index is -0.221. The number of hydrogen-bond acceptors (Lipinski definition) is 3. The quantitative estimate of drug-likeness (QED) is 0.749. The van der Waals surface area contributed by atoms with Crippen molar-refractivity contribution in [2.24, 2.45) is 5.41 Å². The van der Waals surface area contributed by atoms with Gasteiger partial charge in [-0.15, -0.1) is 0 Å². The second-order valence-electron chi connectivity index (χ2n) is 7.80. The summed E-state index contributed by atoms with van der Waals surface area (Å²) in [4.78, 5) is 26.8. The largest absolute Gasteiger partial charge is 0.397 e. The molecule has 28 heavy (non-hydrogen) atoms. The highest BCUT2D eigenvalue weighted by molar-refractivity contribution is 6.05. The molecule has 0 bridgehead atoms. The number of allylic oxidation sites excluding steroid dienone is 1. The molecule has 3 N–H and O–H groups in total. The van der Waals surface area contributed by atoms with Gasteiger partial charge in [0, 0.05) is 17.7 Å². The van der Waals surface area contributed by atoms with Crippen LogP contribution in [0.4, 0.5) is 11.4 Å². The van der Waals surface area contributed by atoms with E-state index in [0.29, 0.717) is 29.9 Å². The van der Waals surface area contributed by atoms with Gasteiger partial charge in [0.15, 0.2) is 0 Å². The second kappa shape index (κ2) is 7.89. The van der Waals surface area contributed by atoms with Gasteiger partial charge in [-0.3, -0.25) is 9.59 Å². The van der Waals surface area contributed by atoms with Gasteiger partial charge in [-0.1, -0.05) is 44.7 Å². The first-order valence-electron chi connectivity index (χ1n) is 9.54. The lowest BCUT2D eigenvalue weighted by Crippen LogP contribution is -2.40. The molecule has 1 heterocycles. The summed E-state index contributed by atoms with van der Waals surface area (Å²) in [7, 11) is 0. The lowest BCUT2D eigenvalue weighted by molar-refractivity contribution is -0.135.